The summed E-state index contributed by atoms with van der Waals surface area (Å²) in [5, 5.41) is 3.24. The Morgan fingerprint density at radius 3 is 2.53 bits per heavy atom. The van der Waals surface area contributed by atoms with Crippen molar-refractivity contribution >= 4 is 5.97 Å². The fraction of sp³-hybridized carbons (Fsp3) is 0.929. The lowest BCUT2D eigenvalue weighted by atomic mass is 10.2. The smallest absolute Gasteiger partial charge is 0.323 e. The highest BCUT2D eigenvalue weighted by Crippen LogP contribution is 1.99. The Bertz CT molecular complexity index is 225. The second-order valence-corrected chi connectivity index (χ2v) is 4.55. The third-order valence-electron chi connectivity index (χ3n) is 2.83. The number of hydrogen-bond donors (Lipinski definition) is 1. The van der Waals surface area contributed by atoms with Crippen LogP contribution >= 0.6 is 0 Å². The normalized spacial score (nSPS) is 12.7. The molecule has 0 fully saturated rings. The van der Waals surface area contributed by atoms with Crippen LogP contribution in [0.4, 0.5) is 0 Å². The molecule has 0 amide bonds. The minimum Gasteiger partial charge on any atom is -0.465 e. The van der Waals surface area contributed by atoms with Gasteiger partial charge in [-0.05, 0) is 46.8 Å². The molecule has 0 aliphatic heterocycles. The molecule has 114 valence electrons. The molecule has 0 aliphatic rings. The van der Waals surface area contributed by atoms with Gasteiger partial charge in [-0.1, -0.05) is 6.92 Å². The summed E-state index contributed by atoms with van der Waals surface area (Å²) in [6.45, 7) is 10.4. The molecule has 0 spiro atoms. The van der Waals surface area contributed by atoms with E-state index in [1.54, 1.807) is 0 Å². The van der Waals surface area contributed by atoms with Crippen LogP contribution in [0.1, 0.15) is 33.6 Å². The number of nitrogens with zero attached hydrogens (tertiary/aromatic N) is 1. The molecule has 0 aliphatic carbocycles. The predicted octanol–water partition coefficient (Wildman–Crippen LogP) is 1.28. The van der Waals surface area contributed by atoms with Crippen LogP contribution in [0.3, 0.4) is 0 Å². The maximum atomic E-state index is 11.8. The minimum atomic E-state index is -0.200. The van der Waals surface area contributed by atoms with E-state index in [2.05, 4.69) is 17.1 Å². The third kappa shape index (κ3) is 9.87. The second-order valence-electron chi connectivity index (χ2n) is 4.55. The molecule has 0 saturated carbocycles. The Labute approximate surface area is 117 Å². The van der Waals surface area contributed by atoms with Crippen LogP contribution in [0.15, 0.2) is 0 Å². The van der Waals surface area contributed by atoms with Gasteiger partial charge in [0.1, 0.15) is 6.04 Å². The Morgan fingerprint density at radius 1 is 1.21 bits per heavy atom. The Morgan fingerprint density at radius 2 is 1.95 bits per heavy atom. The summed E-state index contributed by atoms with van der Waals surface area (Å²) in [6.07, 6.45) is 1.78. The number of carbonyl (C=O) groups is 1. The van der Waals surface area contributed by atoms with E-state index >= 15 is 0 Å². The summed E-state index contributed by atoms with van der Waals surface area (Å²) in [5.41, 5.74) is 0. The predicted molar refractivity (Wildman–Crippen MR) is 77.3 cm³/mol. The van der Waals surface area contributed by atoms with E-state index in [9.17, 15) is 4.79 Å². The van der Waals surface area contributed by atoms with Crippen molar-refractivity contribution in [2.75, 3.05) is 46.5 Å². The number of nitrogens with one attached hydrogen (secondary N) is 1. The van der Waals surface area contributed by atoms with Crippen molar-refractivity contribution < 1.29 is 14.3 Å². The van der Waals surface area contributed by atoms with Gasteiger partial charge in [0.15, 0.2) is 0 Å². The van der Waals surface area contributed by atoms with Crippen molar-refractivity contribution in [3.05, 3.63) is 0 Å². The molecule has 0 radical (unpaired) electrons. The van der Waals surface area contributed by atoms with Gasteiger partial charge in [-0.2, -0.15) is 0 Å². The largest absolute Gasteiger partial charge is 0.465 e. The highest BCUT2D eigenvalue weighted by molar-refractivity contribution is 5.75. The molecular weight excluding hydrogens is 244 g/mol. The lowest BCUT2D eigenvalue weighted by molar-refractivity contribution is -0.145. The highest BCUT2D eigenvalue weighted by Gasteiger charge is 2.18. The van der Waals surface area contributed by atoms with Crippen molar-refractivity contribution in [3.63, 3.8) is 0 Å². The summed E-state index contributed by atoms with van der Waals surface area (Å²) in [5.74, 6) is -0.144. The average molecular weight is 274 g/mol. The van der Waals surface area contributed by atoms with Crippen molar-refractivity contribution in [1.82, 2.24) is 10.2 Å². The quantitative estimate of drug-likeness (QED) is 0.429. The summed E-state index contributed by atoms with van der Waals surface area (Å²) >= 11 is 0. The topological polar surface area (TPSA) is 50.8 Å². The third-order valence-corrected chi connectivity index (χ3v) is 2.83. The van der Waals surface area contributed by atoms with Crippen molar-refractivity contribution in [1.29, 1.82) is 0 Å². The first-order chi connectivity index (χ1) is 9.15. The molecule has 0 bridgehead atoms. The van der Waals surface area contributed by atoms with Gasteiger partial charge >= 0.3 is 5.97 Å². The molecule has 0 aromatic heterocycles. The number of hydrogen-bond acceptors (Lipinski definition) is 5. The maximum absolute atomic E-state index is 11.8. The first kappa shape index (κ1) is 18.4. The summed E-state index contributed by atoms with van der Waals surface area (Å²) in [6, 6.07) is -0.200. The second kappa shape index (κ2) is 12.4. The zero-order valence-electron chi connectivity index (χ0n) is 12.9. The van der Waals surface area contributed by atoms with Crippen LogP contribution < -0.4 is 5.32 Å². The van der Waals surface area contributed by atoms with Crippen LogP contribution in [-0.2, 0) is 14.3 Å². The Hall–Kier alpha value is -0.650. The molecule has 1 N–H and O–H groups in total. The zero-order chi connectivity index (χ0) is 14.5. The van der Waals surface area contributed by atoms with Crippen LogP contribution in [-0.4, -0.2) is 63.4 Å². The molecule has 0 aromatic rings. The zero-order valence-corrected chi connectivity index (χ0v) is 12.9. The number of likely N-dealkylation sites (N-methyl/N-ethyl adjacent to an activating group) is 1. The van der Waals surface area contributed by atoms with E-state index in [0.29, 0.717) is 6.61 Å². The van der Waals surface area contributed by atoms with Crippen molar-refractivity contribution in [3.8, 4) is 0 Å². The first-order valence-corrected chi connectivity index (χ1v) is 7.31. The van der Waals surface area contributed by atoms with E-state index in [-0.39, 0.29) is 12.0 Å². The van der Waals surface area contributed by atoms with Gasteiger partial charge in [0.05, 0.1) is 13.2 Å². The van der Waals surface area contributed by atoms with Gasteiger partial charge in [0, 0.05) is 13.2 Å². The lowest BCUT2D eigenvalue weighted by Gasteiger charge is -2.21. The summed E-state index contributed by atoms with van der Waals surface area (Å²) in [7, 11) is 2.04. The number of carbonyl (C=O) groups excluding carboxylic acids is 1. The lowest BCUT2D eigenvalue weighted by Crippen LogP contribution is -2.41. The van der Waals surface area contributed by atoms with E-state index in [4.69, 9.17) is 9.47 Å². The van der Waals surface area contributed by atoms with Gasteiger partial charge in [0.25, 0.3) is 0 Å². The number of rotatable bonds is 12. The van der Waals surface area contributed by atoms with Gasteiger partial charge in [-0.3, -0.25) is 4.79 Å². The highest BCUT2D eigenvalue weighted by atomic mass is 16.5. The van der Waals surface area contributed by atoms with Gasteiger partial charge < -0.3 is 19.7 Å². The van der Waals surface area contributed by atoms with Crippen molar-refractivity contribution in [2.45, 2.75) is 39.7 Å². The van der Waals surface area contributed by atoms with Crippen molar-refractivity contribution in [2.24, 2.45) is 0 Å². The van der Waals surface area contributed by atoms with E-state index in [0.717, 1.165) is 45.7 Å². The number of ether oxygens (including phenoxy) is 2. The van der Waals surface area contributed by atoms with E-state index in [1.807, 2.05) is 20.9 Å². The maximum Gasteiger partial charge on any atom is 0.323 e. The Balaban J connectivity index is 3.98. The summed E-state index contributed by atoms with van der Waals surface area (Å²) in [4.78, 5) is 14.0. The molecule has 0 rings (SSSR count). The molecule has 5 heteroatoms. The van der Waals surface area contributed by atoms with Gasteiger partial charge in [-0.25, -0.2) is 0 Å². The van der Waals surface area contributed by atoms with Crippen LogP contribution in [0.5, 0.6) is 0 Å². The standard InChI is InChI=1S/C14H30N2O3/c1-5-9-15-13(14(17)19-7-3)8-10-16(4)11-12-18-6-2/h13,15H,5-12H2,1-4H3. The SMILES string of the molecule is CCCNC(CCN(C)CCOCC)C(=O)OCC. The molecule has 0 heterocycles. The monoisotopic (exact) mass is 274 g/mol. The fourth-order valence-electron chi connectivity index (χ4n) is 1.69. The molecule has 0 saturated heterocycles. The van der Waals surface area contributed by atoms with E-state index < -0.39 is 0 Å². The number of esters is 1. The molecule has 5 nitrogen and oxygen atoms in total. The summed E-state index contributed by atoms with van der Waals surface area (Å²) < 4.78 is 10.4. The van der Waals surface area contributed by atoms with Crippen LogP contribution in [0, 0.1) is 0 Å². The van der Waals surface area contributed by atoms with E-state index in [1.165, 1.54) is 0 Å². The average Bonchev–Trinajstić information content (AvgIpc) is 2.39. The molecule has 19 heavy (non-hydrogen) atoms. The molecular formula is C14H30N2O3. The van der Waals surface area contributed by atoms with Gasteiger partial charge in [0.2, 0.25) is 0 Å². The molecule has 1 unspecified atom stereocenters. The Kier molecular flexibility index (Phi) is 12.0. The van der Waals surface area contributed by atoms with Crippen LogP contribution in [0.25, 0.3) is 0 Å². The van der Waals surface area contributed by atoms with Crippen LogP contribution in [0.2, 0.25) is 0 Å². The fourth-order valence-corrected chi connectivity index (χ4v) is 1.69. The minimum absolute atomic E-state index is 0.144. The van der Waals surface area contributed by atoms with Gasteiger partial charge in [-0.15, -0.1) is 0 Å². The molecule has 1 atom stereocenters. The molecule has 0 aromatic carbocycles. The first-order valence-electron chi connectivity index (χ1n) is 7.31.